The lowest BCUT2D eigenvalue weighted by Crippen LogP contribution is -2.32. The number of nitrogens with two attached hydrogens (primary N) is 2. The molecule has 2 aromatic rings. The van der Waals surface area contributed by atoms with Crippen molar-refractivity contribution in [3.63, 3.8) is 0 Å². The van der Waals surface area contributed by atoms with E-state index in [0.29, 0.717) is 31.6 Å². The molecule has 7 N–H and O–H groups in total. The van der Waals surface area contributed by atoms with E-state index in [1.54, 1.807) is 18.2 Å². The van der Waals surface area contributed by atoms with Gasteiger partial charge in [-0.05, 0) is 66.5 Å². The minimum Gasteiger partial charge on any atom is -0.504 e. The van der Waals surface area contributed by atoms with Gasteiger partial charge in [0.15, 0.2) is 18.2 Å². The topological polar surface area (TPSA) is 155 Å². The molecule has 2 heterocycles. The molecule has 2 aliphatic rings. The zero-order chi connectivity index (χ0) is 32.3. The molecule has 0 fully saturated rings. The fraction of sp³-hybridized carbons (Fsp3) is 0.500. The van der Waals surface area contributed by atoms with Crippen LogP contribution >= 0.6 is 0 Å². The SMILES string of the molecule is CCCCC[C@H](C(=O)CCc1ccc(O)c(OCN2C=C3N=CC(Cc4cccc(C(N)N)c4)=C3C2)c1)[C@H](O)C[C@H](O)CCC. The second-order valence-corrected chi connectivity index (χ2v) is 12.4. The third kappa shape index (κ3) is 9.74. The quantitative estimate of drug-likeness (QED) is 0.108. The third-order valence-corrected chi connectivity index (χ3v) is 8.66. The Morgan fingerprint density at radius 3 is 2.62 bits per heavy atom. The van der Waals surface area contributed by atoms with Crippen molar-refractivity contribution >= 4 is 12.0 Å². The molecule has 0 aromatic heterocycles. The van der Waals surface area contributed by atoms with Crippen molar-refractivity contribution in [1.82, 2.24) is 4.90 Å². The summed E-state index contributed by atoms with van der Waals surface area (Å²) in [6, 6.07) is 13.1. The summed E-state index contributed by atoms with van der Waals surface area (Å²) in [6.45, 7) is 4.98. The molecule has 0 saturated heterocycles. The number of phenolic OH excluding ortho intramolecular Hbond substituents is 1. The Morgan fingerprint density at radius 1 is 1.04 bits per heavy atom. The molecular formula is C36H50N4O5. The lowest BCUT2D eigenvalue weighted by molar-refractivity contribution is -0.127. The highest BCUT2D eigenvalue weighted by molar-refractivity contribution is 5.87. The molecule has 0 unspecified atom stereocenters. The maximum atomic E-state index is 13.3. The summed E-state index contributed by atoms with van der Waals surface area (Å²) in [5, 5.41) is 31.6. The highest BCUT2D eigenvalue weighted by atomic mass is 16.5. The number of aliphatic hydroxyl groups is 2. The Hall–Kier alpha value is -3.50. The summed E-state index contributed by atoms with van der Waals surface area (Å²) in [7, 11) is 0. The second-order valence-electron chi connectivity index (χ2n) is 12.4. The van der Waals surface area contributed by atoms with Crippen molar-refractivity contribution in [3.8, 4) is 11.5 Å². The Bertz CT molecular complexity index is 1390. The van der Waals surface area contributed by atoms with E-state index in [4.69, 9.17) is 16.2 Å². The molecular weight excluding hydrogens is 568 g/mol. The number of hydrogen-bond donors (Lipinski definition) is 5. The molecule has 0 bridgehead atoms. The molecule has 3 atom stereocenters. The van der Waals surface area contributed by atoms with Gasteiger partial charge in [-0.2, -0.15) is 0 Å². The van der Waals surface area contributed by atoms with Crippen LogP contribution in [0.2, 0.25) is 0 Å². The van der Waals surface area contributed by atoms with E-state index >= 15 is 0 Å². The van der Waals surface area contributed by atoms with Crippen molar-refractivity contribution in [2.75, 3.05) is 13.3 Å². The fourth-order valence-corrected chi connectivity index (χ4v) is 6.06. The van der Waals surface area contributed by atoms with Crippen LogP contribution in [0.3, 0.4) is 0 Å². The number of aromatic hydroxyl groups is 1. The van der Waals surface area contributed by atoms with E-state index in [0.717, 1.165) is 65.6 Å². The number of aliphatic imine (C=N–C) groups is 1. The monoisotopic (exact) mass is 618 g/mol. The van der Waals surface area contributed by atoms with E-state index < -0.39 is 24.3 Å². The van der Waals surface area contributed by atoms with Gasteiger partial charge in [-0.1, -0.05) is 69.9 Å². The van der Waals surface area contributed by atoms with Crippen molar-refractivity contribution in [3.05, 3.63) is 82.2 Å². The smallest absolute Gasteiger partial charge is 0.163 e. The Labute approximate surface area is 267 Å². The van der Waals surface area contributed by atoms with Gasteiger partial charge in [-0.25, -0.2) is 0 Å². The average Bonchev–Trinajstić information content (AvgIpc) is 3.59. The summed E-state index contributed by atoms with van der Waals surface area (Å²) in [5.74, 6) is -0.0889. The number of benzene rings is 2. The molecule has 0 radical (unpaired) electrons. The number of ether oxygens (including phenoxy) is 1. The molecule has 9 nitrogen and oxygen atoms in total. The van der Waals surface area contributed by atoms with E-state index in [1.807, 2.05) is 42.4 Å². The van der Waals surface area contributed by atoms with Crippen LogP contribution < -0.4 is 16.2 Å². The van der Waals surface area contributed by atoms with Gasteiger partial charge in [-0.3, -0.25) is 9.79 Å². The summed E-state index contributed by atoms with van der Waals surface area (Å²) in [4.78, 5) is 19.9. The maximum absolute atomic E-state index is 13.3. The Morgan fingerprint density at radius 2 is 1.87 bits per heavy atom. The number of rotatable bonds is 19. The van der Waals surface area contributed by atoms with Crippen LogP contribution in [0, 0.1) is 5.92 Å². The molecule has 9 heteroatoms. The summed E-state index contributed by atoms with van der Waals surface area (Å²) in [5.41, 5.74) is 17.8. The van der Waals surface area contributed by atoms with Gasteiger partial charge in [0.25, 0.3) is 0 Å². The molecule has 2 aliphatic heterocycles. The van der Waals surface area contributed by atoms with Crippen LogP contribution in [0.1, 0.15) is 88.1 Å². The Balaban J connectivity index is 1.33. The van der Waals surface area contributed by atoms with Crippen LogP contribution in [0.5, 0.6) is 11.5 Å². The van der Waals surface area contributed by atoms with Gasteiger partial charge in [0.1, 0.15) is 5.78 Å². The number of nitrogens with zero attached hydrogens (tertiary/aromatic N) is 2. The normalized spacial score (nSPS) is 16.2. The number of hydrogen-bond acceptors (Lipinski definition) is 9. The van der Waals surface area contributed by atoms with Crippen LogP contribution in [0.4, 0.5) is 0 Å². The minimum atomic E-state index is -0.849. The number of phenols is 1. The summed E-state index contributed by atoms with van der Waals surface area (Å²) in [6.07, 6.45) is 8.58. The van der Waals surface area contributed by atoms with E-state index in [9.17, 15) is 20.1 Å². The second kappa shape index (κ2) is 16.7. The number of allylic oxidation sites excluding steroid dienone is 1. The van der Waals surface area contributed by atoms with Crippen LogP contribution in [-0.4, -0.2) is 57.7 Å². The molecule has 0 saturated carbocycles. The van der Waals surface area contributed by atoms with E-state index in [-0.39, 0.29) is 31.1 Å². The Kier molecular flexibility index (Phi) is 12.8. The number of carbonyl (C=O) groups is 1. The molecule has 0 aliphatic carbocycles. The number of Topliss-reactive ketones (excluding diaryl/α,β-unsaturated/α-hetero) is 1. The highest BCUT2D eigenvalue weighted by Crippen LogP contribution is 2.33. The molecule has 45 heavy (non-hydrogen) atoms. The van der Waals surface area contributed by atoms with E-state index in [1.165, 1.54) is 0 Å². The first-order valence-corrected chi connectivity index (χ1v) is 16.3. The first-order chi connectivity index (χ1) is 21.7. The van der Waals surface area contributed by atoms with Crippen molar-refractivity contribution in [2.45, 2.75) is 96.4 Å². The largest absolute Gasteiger partial charge is 0.504 e. The van der Waals surface area contributed by atoms with Crippen molar-refractivity contribution in [1.29, 1.82) is 0 Å². The number of ketones is 1. The van der Waals surface area contributed by atoms with Crippen molar-refractivity contribution in [2.24, 2.45) is 22.4 Å². The number of fused-ring (bicyclic) bond motifs is 1. The predicted molar refractivity (Wildman–Crippen MR) is 178 cm³/mol. The van der Waals surface area contributed by atoms with Crippen LogP contribution in [0.15, 0.2) is 70.5 Å². The highest BCUT2D eigenvalue weighted by Gasteiger charge is 2.28. The lowest BCUT2D eigenvalue weighted by Gasteiger charge is -2.24. The number of carbonyl (C=O) groups excluding carboxylic acids is 1. The molecule has 0 amide bonds. The third-order valence-electron chi connectivity index (χ3n) is 8.66. The number of aliphatic hydroxyl groups excluding tert-OH is 2. The number of aryl methyl sites for hydroxylation is 1. The standard InChI is InChI=1S/C36H50N4O5/c1-3-5-6-11-29(34(44)19-28(41)8-4-2)32(42)14-12-24-13-15-33(43)35(18-24)45-23-40-21-30-27(20-39-31(30)22-40)17-25-9-7-10-26(16-25)36(37)38/h7,9-10,13,15-16,18,20,22,28-29,34,36,41,43-44H,3-6,8,11-12,14,17,19,21,23,37-38H2,1-2H3/t28-,29-,34-/m1/s1. The zero-order valence-corrected chi connectivity index (χ0v) is 26.7. The first-order valence-electron chi connectivity index (χ1n) is 16.3. The van der Waals surface area contributed by atoms with Crippen LogP contribution in [-0.2, 0) is 17.6 Å². The van der Waals surface area contributed by atoms with E-state index in [2.05, 4.69) is 18.0 Å². The maximum Gasteiger partial charge on any atom is 0.163 e. The van der Waals surface area contributed by atoms with Gasteiger partial charge in [0, 0.05) is 36.9 Å². The fourth-order valence-electron chi connectivity index (χ4n) is 6.06. The molecule has 2 aromatic carbocycles. The zero-order valence-electron chi connectivity index (χ0n) is 26.7. The molecule has 244 valence electrons. The van der Waals surface area contributed by atoms with Crippen LogP contribution in [0.25, 0.3) is 0 Å². The van der Waals surface area contributed by atoms with Gasteiger partial charge >= 0.3 is 0 Å². The summed E-state index contributed by atoms with van der Waals surface area (Å²) < 4.78 is 6.02. The van der Waals surface area contributed by atoms with Gasteiger partial charge in [0.05, 0.1) is 24.1 Å². The number of unbranched alkanes of at least 4 members (excludes halogenated alkanes) is 2. The molecule has 4 rings (SSSR count). The average molecular weight is 619 g/mol. The first kappa shape index (κ1) is 34.4. The van der Waals surface area contributed by atoms with Gasteiger partial charge in [-0.15, -0.1) is 0 Å². The lowest BCUT2D eigenvalue weighted by atomic mass is 9.85. The van der Waals surface area contributed by atoms with Gasteiger partial charge in [0.2, 0.25) is 0 Å². The predicted octanol–water partition coefficient (Wildman–Crippen LogP) is 5.04. The molecule has 0 spiro atoms. The summed E-state index contributed by atoms with van der Waals surface area (Å²) >= 11 is 0. The van der Waals surface area contributed by atoms with Gasteiger partial charge < -0.3 is 36.4 Å². The van der Waals surface area contributed by atoms with Crippen molar-refractivity contribution < 1.29 is 24.9 Å². The minimum absolute atomic E-state index is 0.00955.